The maximum absolute atomic E-state index is 13.0. The van der Waals surface area contributed by atoms with Gasteiger partial charge in [-0.25, -0.2) is 4.79 Å². The average molecular weight is 471 g/mol. The van der Waals surface area contributed by atoms with Crippen LogP contribution in [0.4, 0.5) is 5.00 Å². The van der Waals surface area contributed by atoms with Gasteiger partial charge in [0.2, 0.25) is 5.91 Å². The normalized spacial score (nSPS) is 13.4. The third kappa shape index (κ3) is 4.60. The summed E-state index contributed by atoms with van der Waals surface area (Å²) < 4.78 is 5.08. The van der Waals surface area contributed by atoms with E-state index in [0.29, 0.717) is 10.6 Å². The molecule has 34 heavy (non-hydrogen) atoms. The predicted octanol–water partition coefficient (Wildman–Crippen LogP) is 5.43. The van der Waals surface area contributed by atoms with E-state index in [2.05, 4.69) is 34.5 Å². The third-order valence-corrected chi connectivity index (χ3v) is 7.39. The first-order chi connectivity index (χ1) is 16.6. The van der Waals surface area contributed by atoms with Gasteiger partial charge in [-0.1, -0.05) is 72.8 Å². The number of methoxy groups -OCH3 is 1. The molecule has 1 aliphatic rings. The van der Waals surface area contributed by atoms with E-state index in [4.69, 9.17) is 4.74 Å². The molecule has 0 radical (unpaired) electrons. The van der Waals surface area contributed by atoms with E-state index >= 15 is 0 Å². The first kappa shape index (κ1) is 22.3. The number of esters is 1. The van der Waals surface area contributed by atoms with Crippen molar-refractivity contribution in [1.29, 1.82) is 0 Å². The lowest BCUT2D eigenvalue weighted by atomic mass is 10.0. The number of benzene rings is 3. The molecular weight excluding hydrogens is 444 g/mol. The standard InChI is InChI=1S/C28H26N2O3S/c1-33-28(32)26-23-14-15-30(17-19-8-3-2-4-9-19)18-24(23)34-27(26)29-25(31)16-21-12-7-11-20-10-5-6-13-22(20)21/h2-13H,14-18H2,1H3,(H,29,31). The number of thiophene rings is 1. The molecule has 0 atom stereocenters. The van der Waals surface area contributed by atoms with Crippen LogP contribution in [0.15, 0.2) is 72.8 Å². The predicted molar refractivity (Wildman–Crippen MR) is 136 cm³/mol. The number of rotatable bonds is 6. The molecule has 1 aromatic heterocycles. The van der Waals surface area contributed by atoms with Gasteiger partial charge in [0, 0.05) is 24.5 Å². The van der Waals surface area contributed by atoms with Crippen molar-refractivity contribution in [2.75, 3.05) is 19.0 Å². The van der Waals surface area contributed by atoms with E-state index in [0.717, 1.165) is 52.8 Å². The number of hydrogen-bond donors (Lipinski definition) is 1. The summed E-state index contributed by atoms with van der Waals surface area (Å²) in [5.74, 6) is -0.532. The highest BCUT2D eigenvalue weighted by Crippen LogP contribution is 2.38. The van der Waals surface area contributed by atoms with Crippen molar-refractivity contribution < 1.29 is 14.3 Å². The largest absolute Gasteiger partial charge is 0.465 e. The second-order valence-corrected chi connectivity index (χ2v) is 9.61. The number of nitrogens with zero attached hydrogens (tertiary/aromatic N) is 1. The first-order valence-corrected chi connectivity index (χ1v) is 12.2. The van der Waals surface area contributed by atoms with Crippen LogP contribution >= 0.6 is 11.3 Å². The number of carbonyl (C=O) groups is 2. The summed E-state index contributed by atoms with van der Waals surface area (Å²) in [6.45, 7) is 2.46. The van der Waals surface area contributed by atoms with Crippen molar-refractivity contribution >= 4 is 39.0 Å². The first-order valence-electron chi connectivity index (χ1n) is 11.4. The molecule has 1 amide bonds. The number of amides is 1. The van der Waals surface area contributed by atoms with E-state index in [1.165, 1.54) is 24.0 Å². The van der Waals surface area contributed by atoms with Gasteiger partial charge in [0.25, 0.3) is 0 Å². The summed E-state index contributed by atoms with van der Waals surface area (Å²) in [4.78, 5) is 29.2. The number of carbonyl (C=O) groups excluding carboxylic acids is 2. The average Bonchev–Trinajstić information content (AvgIpc) is 3.21. The Morgan fingerprint density at radius 3 is 2.59 bits per heavy atom. The van der Waals surface area contributed by atoms with Gasteiger partial charge in [0.05, 0.1) is 19.1 Å². The van der Waals surface area contributed by atoms with Crippen LogP contribution in [0.2, 0.25) is 0 Å². The van der Waals surface area contributed by atoms with Gasteiger partial charge in [0.1, 0.15) is 5.00 Å². The molecule has 5 nitrogen and oxygen atoms in total. The van der Waals surface area contributed by atoms with Crippen molar-refractivity contribution in [3.8, 4) is 0 Å². The molecule has 6 heteroatoms. The summed E-state index contributed by atoms with van der Waals surface area (Å²) in [7, 11) is 1.39. The molecule has 5 rings (SSSR count). The minimum absolute atomic E-state index is 0.138. The summed E-state index contributed by atoms with van der Waals surface area (Å²) in [5.41, 5.74) is 3.74. The summed E-state index contributed by atoms with van der Waals surface area (Å²) in [6, 6.07) is 24.4. The Balaban J connectivity index is 1.37. The van der Waals surface area contributed by atoms with Crippen LogP contribution in [0.5, 0.6) is 0 Å². The van der Waals surface area contributed by atoms with Crippen LogP contribution in [0.1, 0.15) is 31.9 Å². The van der Waals surface area contributed by atoms with Gasteiger partial charge in [0.15, 0.2) is 0 Å². The molecule has 3 aromatic carbocycles. The maximum Gasteiger partial charge on any atom is 0.341 e. The van der Waals surface area contributed by atoms with E-state index in [-0.39, 0.29) is 12.3 Å². The molecule has 0 aliphatic carbocycles. The Labute approximate surface area is 203 Å². The van der Waals surface area contributed by atoms with Crippen molar-refractivity contribution in [1.82, 2.24) is 4.90 Å². The highest BCUT2D eigenvalue weighted by atomic mass is 32.1. The molecule has 172 valence electrons. The Bertz CT molecular complexity index is 1340. The Kier molecular flexibility index (Phi) is 6.43. The Hall–Kier alpha value is -3.48. The van der Waals surface area contributed by atoms with E-state index in [1.807, 2.05) is 48.5 Å². The molecule has 4 aromatic rings. The Morgan fingerprint density at radius 1 is 1.00 bits per heavy atom. The highest BCUT2D eigenvalue weighted by Gasteiger charge is 2.29. The summed E-state index contributed by atoms with van der Waals surface area (Å²) in [6.07, 6.45) is 0.993. The number of hydrogen-bond acceptors (Lipinski definition) is 5. The quantitative estimate of drug-likeness (QED) is 0.382. The zero-order valence-electron chi connectivity index (χ0n) is 19.0. The van der Waals surface area contributed by atoms with Crippen molar-refractivity contribution in [2.24, 2.45) is 0 Å². The lowest BCUT2D eigenvalue weighted by Gasteiger charge is -2.27. The van der Waals surface area contributed by atoms with Gasteiger partial charge in [-0.15, -0.1) is 11.3 Å². The monoisotopic (exact) mass is 470 g/mol. The van der Waals surface area contributed by atoms with Crippen LogP contribution in [0.25, 0.3) is 10.8 Å². The lowest BCUT2D eigenvalue weighted by Crippen LogP contribution is -2.29. The fraction of sp³-hybridized carbons (Fsp3) is 0.214. The van der Waals surface area contributed by atoms with Gasteiger partial charge in [-0.2, -0.15) is 0 Å². The zero-order valence-corrected chi connectivity index (χ0v) is 19.9. The molecule has 0 saturated carbocycles. The smallest absolute Gasteiger partial charge is 0.341 e. The van der Waals surface area contributed by atoms with Gasteiger partial charge < -0.3 is 10.1 Å². The molecule has 1 N–H and O–H groups in total. The van der Waals surface area contributed by atoms with Crippen LogP contribution in [0.3, 0.4) is 0 Å². The van der Waals surface area contributed by atoms with E-state index < -0.39 is 5.97 Å². The molecule has 0 spiro atoms. The number of nitrogens with one attached hydrogen (secondary N) is 1. The fourth-order valence-corrected chi connectivity index (χ4v) is 5.92. The van der Waals surface area contributed by atoms with Crippen molar-refractivity contribution in [3.63, 3.8) is 0 Å². The van der Waals surface area contributed by atoms with Crippen molar-refractivity contribution in [2.45, 2.75) is 25.9 Å². The van der Waals surface area contributed by atoms with Crippen LogP contribution < -0.4 is 5.32 Å². The zero-order chi connectivity index (χ0) is 23.5. The molecule has 0 bridgehead atoms. The van der Waals surface area contributed by atoms with Gasteiger partial charge in [-0.3, -0.25) is 9.69 Å². The number of anilines is 1. The van der Waals surface area contributed by atoms with E-state index in [9.17, 15) is 9.59 Å². The van der Waals surface area contributed by atoms with Crippen molar-refractivity contribution in [3.05, 3.63) is 99.9 Å². The summed E-state index contributed by atoms with van der Waals surface area (Å²) in [5, 5.41) is 5.78. The second-order valence-electron chi connectivity index (χ2n) is 8.51. The molecular formula is C28H26N2O3S. The van der Waals surface area contributed by atoms with Crippen LogP contribution in [-0.4, -0.2) is 30.4 Å². The minimum Gasteiger partial charge on any atom is -0.465 e. The van der Waals surface area contributed by atoms with Gasteiger partial charge in [-0.05, 0) is 33.9 Å². The Morgan fingerprint density at radius 2 is 1.76 bits per heavy atom. The lowest BCUT2D eigenvalue weighted by molar-refractivity contribution is -0.115. The van der Waals surface area contributed by atoms with Crippen LogP contribution in [-0.2, 0) is 35.5 Å². The molecule has 0 unspecified atom stereocenters. The molecule has 0 fully saturated rings. The highest BCUT2D eigenvalue weighted by molar-refractivity contribution is 7.17. The number of fused-ring (bicyclic) bond motifs is 2. The SMILES string of the molecule is COC(=O)c1c(NC(=O)Cc2cccc3ccccc23)sc2c1CCN(Cc1ccccc1)C2. The number of ether oxygens (including phenoxy) is 1. The van der Waals surface area contributed by atoms with E-state index in [1.54, 1.807) is 0 Å². The van der Waals surface area contributed by atoms with Crippen LogP contribution in [0, 0.1) is 0 Å². The molecule has 2 heterocycles. The molecule has 1 aliphatic heterocycles. The third-order valence-electron chi connectivity index (χ3n) is 6.26. The topological polar surface area (TPSA) is 58.6 Å². The van der Waals surface area contributed by atoms with Gasteiger partial charge >= 0.3 is 5.97 Å². The second kappa shape index (κ2) is 9.79. The summed E-state index contributed by atoms with van der Waals surface area (Å²) >= 11 is 1.49. The fourth-order valence-electron chi connectivity index (χ4n) is 4.63. The minimum atomic E-state index is -0.394. The molecule has 0 saturated heterocycles. The maximum atomic E-state index is 13.0.